The highest BCUT2D eigenvalue weighted by Crippen LogP contribution is 2.18. The van der Waals surface area contributed by atoms with Gasteiger partial charge in [0, 0.05) is 6.54 Å². The fourth-order valence-electron chi connectivity index (χ4n) is 2.80. The van der Waals surface area contributed by atoms with Crippen LogP contribution in [0.15, 0.2) is 9.59 Å². The molecule has 0 amide bonds. The van der Waals surface area contributed by atoms with Gasteiger partial charge in [0.1, 0.15) is 5.15 Å². The van der Waals surface area contributed by atoms with Gasteiger partial charge in [0.15, 0.2) is 0 Å². The van der Waals surface area contributed by atoms with Crippen LogP contribution in [0.3, 0.4) is 0 Å². The summed E-state index contributed by atoms with van der Waals surface area (Å²) in [5.74, 6) is 0.391. The number of aromatic nitrogens is 2. The summed E-state index contributed by atoms with van der Waals surface area (Å²) < 4.78 is 1.32. The number of hydrogen-bond acceptors (Lipinski definition) is 3. The summed E-state index contributed by atoms with van der Waals surface area (Å²) in [6, 6.07) is 0. The molecule has 0 spiro atoms. The predicted molar refractivity (Wildman–Crippen MR) is 80.5 cm³/mol. The van der Waals surface area contributed by atoms with Crippen molar-refractivity contribution >= 4 is 11.6 Å². The van der Waals surface area contributed by atoms with Crippen LogP contribution in [0.25, 0.3) is 0 Å². The van der Waals surface area contributed by atoms with Gasteiger partial charge in [-0.15, -0.1) is 0 Å². The van der Waals surface area contributed by atoms with E-state index in [1.807, 2.05) is 6.92 Å². The topological polar surface area (TPSA) is 58.1 Å². The molecule has 1 saturated heterocycles. The fraction of sp³-hybridized carbons (Fsp3) is 0.714. The average Bonchev–Trinajstić information content (AvgIpc) is 2.44. The minimum atomic E-state index is -0.393. The number of piperidine rings is 1. The molecule has 112 valence electrons. The van der Waals surface area contributed by atoms with Crippen molar-refractivity contribution in [1.29, 1.82) is 0 Å². The SMILES string of the molecule is CCc1c(Cl)[nH]c(=O)n(CC2CCN(CC)CC2)c1=O. The van der Waals surface area contributed by atoms with Gasteiger partial charge >= 0.3 is 5.69 Å². The Hall–Kier alpha value is -1.07. The lowest BCUT2D eigenvalue weighted by molar-refractivity contribution is 0.179. The molecule has 1 fully saturated rings. The van der Waals surface area contributed by atoms with Crippen LogP contribution in [-0.4, -0.2) is 34.1 Å². The number of rotatable bonds is 4. The third-order valence-electron chi connectivity index (χ3n) is 4.18. The van der Waals surface area contributed by atoms with Crippen molar-refractivity contribution in [2.24, 2.45) is 5.92 Å². The minimum Gasteiger partial charge on any atom is -0.304 e. The molecule has 1 N–H and O–H groups in total. The summed E-state index contributed by atoms with van der Waals surface area (Å²) >= 11 is 5.91. The molecule has 0 unspecified atom stereocenters. The summed E-state index contributed by atoms with van der Waals surface area (Å²) in [6.45, 7) is 7.67. The lowest BCUT2D eigenvalue weighted by atomic mass is 9.96. The van der Waals surface area contributed by atoms with E-state index in [4.69, 9.17) is 11.6 Å². The highest BCUT2D eigenvalue weighted by Gasteiger charge is 2.20. The van der Waals surface area contributed by atoms with Crippen LogP contribution in [-0.2, 0) is 13.0 Å². The number of nitrogens with one attached hydrogen (secondary N) is 1. The average molecular weight is 300 g/mol. The Balaban J connectivity index is 2.18. The normalized spacial score (nSPS) is 17.6. The number of likely N-dealkylation sites (tertiary alicyclic amines) is 1. The monoisotopic (exact) mass is 299 g/mol. The molecular formula is C14H22ClN3O2. The molecule has 2 rings (SSSR count). The lowest BCUT2D eigenvalue weighted by Gasteiger charge is -2.31. The Kier molecular flexibility index (Phi) is 5.05. The maximum absolute atomic E-state index is 12.3. The second kappa shape index (κ2) is 6.59. The van der Waals surface area contributed by atoms with Gasteiger partial charge in [-0.05, 0) is 44.8 Å². The van der Waals surface area contributed by atoms with Crippen LogP contribution in [0.1, 0.15) is 32.3 Å². The molecule has 20 heavy (non-hydrogen) atoms. The molecule has 0 atom stereocenters. The first-order valence-electron chi connectivity index (χ1n) is 7.30. The van der Waals surface area contributed by atoms with E-state index in [1.54, 1.807) is 0 Å². The Bertz CT molecular complexity index is 571. The number of aromatic amines is 1. The van der Waals surface area contributed by atoms with E-state index in [1.165, 1.54) is 4.57 Å². The van der Waals surface area contributed by atoms with E-state index in [9.17, 15) is 9.59 Å². The van der Waals surface area contributed by atoms with Crippen LogP contribution < -0.4 is 11.2 Å². The Labute approximate surface area is 123 Å². The number of halogens is 1. The first-order chi connectivity index (χ1) is 9.56. The molecule has 0 bridgehead atoms. The summed E-state index contributed by atoms with van der Waals surface area (Å²) in [5.41, 5.74) is -0.133. The van der Waals surface area contributed by atoms with E-state index in [2.05, 4.69) is 16.8 Å². The van der Waals surface area contributed by atoms with Gasteiger partial charge in [-0.3, -0.25) is 14.3 Å². The molecule has 0 radical (unpaired) electrons. The van der Waals surface area contributed by atoms with Crippen LogP contribution in [0.4, 0.5) is 0 Å². The van der Waals surface area contributed by atoms with Crippen molar-refractivity contribution in [3.63, 3.8) is 0 Å². The Morgan fingerprint density at radius 3 is 2.45 bits per heavy atom. The van der Waals surface area contributed by atoms with Gasteiger partial charge in [0.2, 0.25) is 0 Å². The van der Waals surface area contributed by atoms with Gasteiger partial charge in [0.25, 0.3) is 5.56 Å². The lowest BCUT2D eigenvalue weighted by Crippen LogP contribution is -2.41. The highest BCUT2D eigenvalue weighted by atomic mass is 35.5. The molecule has 1 aliphatic heterocycles. The van der Waals surface area contributed by atoms with Crippen molar-refractivity contribution in [3.8, 4) is 0 Å². The number of nitrogens with zero attached hydrogens (tertiary/aromatic N) is 2. The quantitative estimate of drug-likeness (QED) is 0.857. The van der Waals surface area contributed by atoms with E-state index in [-0.39, 0.29) is 10.7 Å². The molecule has 0 aliphatic carbocycles. The highest BCUT2D eigenvalue weighted by molar-refractivity contribution is 6.30. The van der Waals surface area contributed by atoms with Crippen molar-refractivity contribution in [3.05, 3.63) is 31.6 Å². The van der Waals surface area contributed by atoms with E-state index < -0.39 is 5.69 Å². The maximum atomic E-state index is 12.3. The largest absolute Gasteiger partial charge is 0.329 e. The van der Waals surface area contributed by atoms with Gasteiger partial charge in [-0.25, -0.2) is 4.79 Å². The fourth-order valence-corrected chi connectivity index (χ4v) is 3.10. The second-order valence-electron chi connectivity index (χ2n) is 5.37. The molecule has 1 aromatic rings. The third-order valence-corrected chi connectivity index (χ3v) is 4.50. The first-order valence-corrected chi connectivity index (χ1v) is 7.68. The predicted octanol–water partition coefficient (Wildman–Crippen LogP) is 1.48. The van der Waals surface area contributed by atoms with Crippen LogP contribution in [0, 0.1) is 5.92 Å². The smallest absolute Gasteiger partial charge is 0.304 e. The van der Waals surface area contributed by atoms with Crippen molar-refractivity contribution < 1.29 is 0 Å². The molecule has 0 aromatic carbocycles. The van der Waals surface area contributed by atoms with E-state index in [0.29, 0.717) is 24.4 Å². The number of H-pyrrole nitrogens is 1. The van der Waals surface area contributed by atoms with E-state index >= 15 is 0 Å². The first kappa shape index (κ1) is 15.3. The van der Waals surface area contributed by atoms with Gasteiger partial charge < -0.3 is 4.90 Å². The number of hydrogen-bond donors (Lipinski definition) is 1. The summed E-state index contributed by atoms with van der Waals surface area (Å²) in [7, 11) is 0. The minimum absolute atomic E-state index is 0.180. The van der Waals surface area contributed by atoms with Crippen LogP contribution >= 0.6 is 11.6 Å². The maximum Gasteiger partial charge on any atom is 0.329 e. The van der Waals surface area contributed by atoms with Gasteiger partial charge in [0.05, 0.1) is 5.56 Å². The Morgan fingerprint density at radius 2 is 1.90 bits per heavy atom. The molecule has 2 heterocycles. The Morgan fingerprint density at radius 1 is 1.25 bits per heavy atom. The molecule has 0 saturated carbocycles. The van der Waals surface area contributed by atoms with Crippen molar-refractivity contribution in [1.82, 2.24) is 14.5 Å². The van der Waals surface area contributed by atoms with Gasteiger partial charge in [-0.2, -0.15) is 0 Å². The molecule has 5 nitrogen and oxygen atoms in total. The van der Waals surface area contributed by atoms with Crippen LogP contribution in [0.2, 0.25) is 5.15 Å². The van der Waals surface area contributed by atoms with Crippen LogP contribution in [0.5, 0.6) is 0 Å². The summed E-state index contributed by atoms with van der Waals surface area (Å²) in [6.07, 6.45) is 2.59. The van der Waals surface area contributed by atoms with Crippen molar-refractivity contribution in [2.75, 3.05) is 19.6 Å². The van der Waals surface area contributed by atoms with Gasteiger partial charge in [-0.1, -0.05) is 25.4 Å². The van der Waals surface area contributed by atoms with E-state index in [0.717, 1.165) is 32.5 Å². The zero-order valence-corrected chi connectivity index (χ0v) is 12.9. The summed E-state index contributed by atoms with van der Waals surface area (Å²) in [4.78, 5) is 29.2. The zero-order valence-electron chi connectivity index (χ0n) is 12.1. The standard InChI is InChI=1S/C14H22ClN3O2/c1-3-11-12(15)16-14(20)18(13(11)19)9-10-5-7-17(4-2)8-6-10/h10H,3-9H2,1-2H3,(H,16,20). The molecule has 1 aromatic heterocycles. The second-order valence-corrected chi connectivity index (χ2v) is 5.75. The van der Waals surface area contributed by atoms with Crippen molar-refractivity contribution in [2.45, 2.75) is 39.7 Å². The molecule has 1 aliphatic rings. The molecule has 6 heteroatoms. The summed E-state index contributed by atoms with van der Waals surface area (Å²) in [5, 5.41) is 0.180. The zero-order chi connectivity index (χ0) is 14.7. The molecular weight excluding hydrogens is 278 g/mol. The third kappa shape index (κ3) is 3.15.